The van der Waals surface area contributed by atoms with Crippen LogP contribution in [0.2, 0.25) is 5.82 Å². The average Bonchev–Trinajstić information content (AvgIpc) is 2.77. The monoisotopic (exact) mass is 536 g/mol. The van der Waals surface area contributed by atoms with Gasteiger partial charge in [-0.25, -0.2) is 0 Å². The van der Waals surface area contributed by atoms with Gasteiger partial charge in [0.25, 0.3) is 0 Å². The fraction of sp³-hybridized carbons (Fsp3) is 0.750. The third-order valence-electron chi connectivity index (χ3n) is 2.57. The number of Topliss-reactive ketones (excluding diaryl/α,β-unsaturated/α-hetero) is 1. The van der Waals surface area contributed by atoms with E-state index < -0.39 is 0 Å². The zero-order valence-corrected chi connectivity index (χ0v) is 20.0. The number of rotatable bonds is 5. The molecule has 0 saturated heterocycles. The van der Waals surface area contributed by atoms with Crippen molar-refractivity contribution in [2.75, 3.05) is 41.7 Å². The maximum atomic E-state index is 10.2. The Balaban J connectivity index is -0.0000000475. The van der Waals surface area contributed by atoms with Gasteiger partial charge in [-0.1, -0.05) is 18.7 Å². The number of hydrogen-bond acceptors (Lipinski definition) is 4. The SMILES string of the molecule is COC.[B]C1CCC(COC)C1.[CH2-]CC(=O)COC.[CH3-].[CH3-].[V].[W+2]. The molecule has 0 bridgehead atoms. The van der Waals surface area contributed by atoms with Gasteiger partial charge in [-0.2, -0.15) is 0 Å². The molecule has 0 aromatic heterocycles. The summed E-state index contributed by atoms with van der Waals surface area (Å²) in [7, 11) is 12.2. The summed E-state index contributed by atoms with van der Waals surface area (Å²) in [6.07, 6.45) is 3.94. The molecule has 2 unspecified atom stereocenters. The molecule has 23 heavy (non-hydrogen) atoms. The molecule has 0 N–H and O–H groups in total. The Morgan fingerprint density at radius 2 is 1.61 bits per heavy atom. The van der Waals surface area contributed by atoms with Crippen molar-refractivity contribution >= 4 is 13.6 Å². The third-order valence-corrected chi connectivity index (χ3v) is 2.57. The molecule has 4 nitrogen and oxygen atoms in total. The van der Waals surface area contributed by atoms with Crippen LogP contribution in [0.15, 0.2) is 0 Å². The summed E-state index contributed by atoms with van der Waals surface area (Å²) in [5, 5.41) is 0. The van der Waals surface area contributed by atoms with E-state index >= 15 is 0 Å². The van der Waals surface area contributed by atoms with E-state index in [1.54, 1.807) is 21.3 Å². The van der Waals surface area contributed by atoms with Crippen LogP contribution in [0.25, 0.3) is 0 Å². The predicted octanol–water partition coefficient (Wildman–Crippen LogP) is 2.97. The Morgan fingerprint density at radius 1 is 1.13 bits per heavy atom. The van der Waals surface area contributed by atoms with Crippen LogP contribution in [0.5, 0.6) is 0 Å². The van der Waals surface area contributed by atoms with E-state index in [9.17, 15) is 4.79 Å². The molecule has 137 valence electrons. The van der Waals surface area contributed by atoms with Crippen LogP contribution in [0, 0.1) is 27.7 Å². The quantitative estimate of drug-likeness (QED) is 0.401. The van der Waals surface area contributed by atoms with Crippen LogP contribution < -0.4 is 0 Å². The molecular formula is C16H34BO4VW-. The molecule has 0 heterocycles. The van der Waals surface area contributed by atoms with Gasteiger partial charge in [0.05, 0.1) is 7.85 Å². The van der Waals surface area contributed by atoms with E-state index in [0.29, 0.717) is 12.2 Å². The van der Waals surface area contributed by atoms with Crippen molar-refractivity contribution in [2.45, 2.75) is 31.5 Å². The molecule has 3 radical (unpaired) electrons. The van der Waals surface area contributed by atoms with Gasteiger partial charge in [0.2, 0.25) is 0 Å². The minimum Gasteiger partial charge on any atom is -0.388 e. The summed E-state index contributed by atoms with van der Waals surface area (Å²) in [4.78, 5) is 10.2. The Hall–Kier alpha value is 0.888. The Labute approximate surface area is 172 Å². The molecule has 0 spiro atoms. The Morgan fingerprint density at radius 3 is 1.83 bits per heavy atom. The molecule has 1 aliphatic rings. The fourth-order valence-corrected chi connectivity index (χ4v) is 1.73. The summed E-state index contributed by atoms with van der Waals surface area (Å²) in [5.41, 5.74) is 0. The summed E-state index contributed by atoms with van der Waals surface area (Å²) >= 11 is 0. The standard InChI is InChI=1S/C7H13BO.C5H9O2.C2H6O.2CH3.V.W/c1-9-5-6-2-3-7(8)4-6;1-3-5(6)4-7-2;1-3-2;;;;/h6-7H,2-5H2,1H3;1,3-4H2,2H3;1-2H3;2*1H3;;/q;-1;;2*-1;;+2. The van der Waals surface area contributed by atoms with E-state index in [0.717, 1.165) is 18.9 Å². The maximum Gasteiger partial charge on any atom is 2.00 e. The van der Waals surface area contributed by atoms with Crippen molar-refractivity contribution in [1.82, 2.24) is 0 Å². The van der Waals surface area contributed by atoms with Crippen molar-refractivity contribution in [3.8, 4) is 0 Å². The van der Waals surface area contributed by atoms with Crippen LogP contribution in [-0.2, 0) is 58.6 Å². The topological polar surface area (TPSA) is 44.8 Å². The minimum absolute atomic E-state index is 0. The maximum absolute atomic E-state index is 10.2. The first-order valence-corrected chi connectivity index (χ1v) is 6.50. The van der Waals surface area contributed by atoms with E-state index in [1.807, 2.05) is 0 Å². The van der Waals surface area contributed by atoms with Gasteiger partial charge < -0.3 is 40.8 Å². The largest absolute Gasteiger partial charge is 2.00 e. The average molecular weight is 536 g/mol. The minimum atomic E-state index is 0. The number of carbonyl (C=O) groups is 1. The van der Waals surface area contributed by atoms with E-state index in [4.69, 9.17) is 12.6 Å². The molecular weight excluding hydrogens is 502 g/mol. The zero-order chi connectivity index (χ0) is 15.1. The molecule has 0 aliphatic heterocycles. The van der Waals surface area contributed by atoms with Crippen molar-refractivity contribution in [1.29, 1.82) is 0 Å². The molecule has 1 rings (SSSR count). The number of carbonyl (C=O) groups excluding carboxylic acids is 1. The molecule has 7 heteroatoms. The Kier molecular flexibility index (Phi) is 52.3. The molecule has 1 fully saturated rings. The molecule has 0 aromatic rings. The second-order valence-electron chi connectivity index (χ2n) is 4.52. The number of methoxy groups -OCH3 is 3. The van der Waals surface area contributed by atoms with Gasteiger partial charge in [-0.05, 0) is 12.3 Å². The van der Waals surface area contributed by atoms with Gasteiger partial charge in [-0.3, -0.25) is 0 Å². The van der Waals surface area contributed by atoms with E-state index in [-0.39, 0.29) is 66.9 Å². The van der Waals surface area contributed by atoms with Gasteiger partial charge in [0, 0.05) is 53.6 Å². The normalized spacial score (nSPS) is 17.3. The molecule has 1 saturated carbocycles. The summed E-state index contributed by atoms with van der Waals surface area (Å²) in [5.74, 6) is 1.23. The van der Waals surface area contributed by atoms with E-state index in [2.05, 4.69) is 16.4 Å². The van der Waals surface area contributed by atoms with Crippen LogP contribution in [-0.4, -0.2) is 55.3 Å². The first-order valence-electron chi connectivity index (χ1n) is 6.50. The molecule has 2 atom stereocenters. The zero-order valence-electron chi connectivity index (χ0n) is 15.7. The predicted molar refractivity (Wildman–Crippen MR) is 91.3 cm³/mol. The van der Waals surface area contributed by atoms with Crippen molar-refractivity contribution < 1.29 is 58.6 Å². The van der Waals surface area contributed by atoms with E-state index in [1.165, 1.54) is 20.0 Å². The van der Waals surface area contributed by atoms with Crippen molar-refractivity contribution in [3.05, 3.63) is 21.8 Å². The second-order valence-corrected chi connectivity index (χ2v) is 4.52. The number of ketones is 1. The summed E-state index contributed by atoms with van der Waals surface area (Å²) in [6.45, 7) is 4.47. The number of hydrogen-bond donors (Lipinski definition) is 0. The summed E-state index contributed by atoms with van der Waals surface area (Å²) in [6, 6.07) is 0. The molecule has 0 aromatic carbocycles. The smallest absolute Gasteiger partial charge is 0.388 e. The Bertz CT molecular complexity index is 211. The van der Waals surface area contributed by atoms with Gasteiger partial charge >= 0.3 is 21.1 Å². The van der Waals surface area contributed by atoms with Gasteiger partial charge in [-0.15, -0.1) is 6.42 Å². The third kappa shape index (κ3) is 31.2. The number of ether oxygens (including phenoxy) is 3. The molecule has 1 aliphatic carbocycles. The van der Waals surface area contributed by atoms with Crippen LogP contribution in [0.3, 0.4) is 0 Å². The first kappa shape index (κ1) is 39.1. The second kappa shape index (κ2) is 30.7. The van der Waals surface area contributed by atoms with Gasteiger partial charge in [0.1, 0.15) is 12.4 Å². The van der Waals surface area contributed by atoms with Crippen LogP contribution in [0.4, 0.5) is 0 Å². The van der Waals surface area contributed by atoms with Crippen LogP contribution in [0.1, 0.15) is 25.7 Å². The molecule has 0 amide bonds. The van der Waals surface area contributed by atoms with Crippen molar-refractivity contribution in [2.24, 2.45) is 5.92 Å². The fourth-order valence-electron chi connectivity index (χ4n) is 1.73. The van der Waals surface area contributed by atoms with Crippen molar-refractivity contribution in [3.63, 3.8) is 0 Å². The van der Waals surface area contributed by atoms with Gasteiger partial charge in [0.15, 0.2) is 0 Å². The first-order chi connectivity index (χ1) is 9.05. The summed E-state index contributed by atoms with van der Waals surface area (Å²) < 4.78 is 13.8. The van der Waals surface area contributed by atoms with Crippen LogP contribution >= 0.6 is 0 Å².